The van der Waals surface area contributed by atoms with Crippen LogP contribution in [0.15, 0.2) is 67.0 Å². The van der Waals surface area contributed by atoms with Crippen LogP contribution in [0, 0.1) is 0 Å². The maximum Gasteiger partial charge on any atom is 0.325 e. The van der Waals surface area contributed by atoms with Crippen molar-refractivity contribution in [3.05, 3.63) is 72.6 Å². The second-order valence-corrected chi connectivity index (χ2v) is 6.53. The molecule has 0 aliphatic rings. The molecule has 0 aliphatic carbocycles. The average Bonchev–Trinajstić information content (AvgIpc) is 2.74. The van der Waals surface area contributed by atoms with E-state index in [0.717, 1.165) is 23.5 Å². The molecule has 0 bridgehead atoms. The summed E-state index contributed by atoms with van der Waals surface area (Å²) < 4.78 is 11.0. The monoisotopic (exact) mass is 388 g/mol. The molecule has 7 heteroatoms. The Balaban J connectivity index is 1.47. The Morgan fingerprint density at radius 1 is 1.00 bits per heavy atom. The highest BCUT2D eigenvalue weighted by atomic mass is 16.5. The topological polar surface area (TPSA) is 80.6 Å². The van der Waals surface area contributed by atoms with Gasteiger partial charge >= 0.3 is 6.01 Å². The van der Waals surface area contributed by atoms with E-state index >= 15 is 0 Å². The van der Waals surface area contributed by atoms with Gasteiger partial charge in [-0.25, -0.2) is 0 Å². The Kier molecular flexibility index (Phi) is 5.11. The van der Waals surface area contributed by atoms with E-state index in [1.807, 2.05) is 49.5 Å². The van der Waals surface area contributed by atoms with E-state index in [0.29, 0.717) is 16.7 Å². The van der Waals surface area contributed by atoms with Crippen molar-refractivity contribution in [2.45, 2.75) is 6.54 Å². The number of ether oxygens (including phenoxy) is 2. The number of benzene rings is 2. The first-order chi connectivity index (χ1) is 14.1. The number of hydrogen-bond acceptors (Lipinski definition) is 7. The number of hydrogen-bond donors (Lipinski definition) is 1. The van der Waals surface area contributed by atoms with Crippen LogP contribution in [0.25, 0.3) is 10.9 Å². The Bertz CT molecular complexity index is 1130. The minimum absolute atomic E-state index is 0.0699. The summed E-state index contributed by atoms with van der Waals surface area (Å²) in [7, 11) is 3.68. The first-order valence-electron chi connectivity index (χ1n) is 9.05. The molecule has 146 valence electrons. The summed E-state index contributed by atoms with van der Waals surface area (Å²) in [5.41, 5.74) is 2.71. The van der Waals surface area contributed by atoms with Gasteiger partial charge in [0.15, 0.2) is 0 Å². The predicted molar refractivity (Wildman–Crippen MR) is 111 cm³/mol. The molecule has 4 aromatic rings. The summed E-state index contributed by atoms with van der Waals surface area (Å²) in [4.78, 5) is 14.4. The van der Waals surface area contributed by atoms with Crippen LogP contribution in [0.2, 0.25) is 0 Å². The molecule has 0 radical (unpaired) electrons. The number of fused-ring (bicyclic) bond motifs is 1. The molecule has 1 N–H and O–H groups in total. The Morgan fingerprint density at radius 3 is 2.62 bits per heavy atom. The standard InChI is InChI=1S/C22H20N4O3/c1-26(14-15-4-3-5-18(12-15)28-2)16-6-8-17(9-7-16)29-22-24-20-13-23-11-10-19(20)21(27)25-22/h3-13H,14H2,1-2H3,(H,24,25,27). The fourth-order valence-corrected chi connectivity index (χ4v) is 3.00. The van der Waals surface area contributed by atoms with Crippen LogP contribution < -0.4 is 14.4 Å². The van der Waals surface area contributed by atoms with E-state index in [2.05, 4.69) is 25.9 Å². The Morgan fingerprint density at radius 2 is 1.83 bits per heavy atom. The lowest BCUT2D eigenvalue weighted by Gasteiger charge is -2.20. The largest absolute Gasteiger partial charge is 0.497 e. The third kappa shape index (κ3) is 4.19. The van der Waals surface area contributed by atoms with Gasteiger partial charge in [-0.2, -0.15) is 9.97 Å². The number of aromatic nitrogens is 3. The predicted octanol–water partition coefficient (Wildman–Crippen LogP) is 4.17. The Labute approximate surface area is 168 Å². The maximum absolute atomic E-state index is 10.0. The number of anilines is 1. The van der Waals surface area contributed by atoms with Crippen molar-refractivity contribution in [3.63, 3.8) is 0 Å². The summed E-state index contributed by atoms with van der Waals surface area (Å²) in [6.45, 7) is 0.742. The van der Waals surface area contributed by atoms with E-state index in [1.165, 1.54) is 0 Å². The van der Waals surface area contributed by atoms with Crippen LogP contribution in [0.4, 0.5) is 5.69 Å². The van der Waals surface area contributed by atoms with Crippen molar-refractivity contribution in [2.24, 2.45) is 0 Å². The van der Waals surface area contributed by atoms with Crippen LogP contribution in [-0.2, 0) is 6.54 Å². The maximum atomic E-state index is 10.0. The van der Waals surface area contributed by atoms with Gasteiger partial charge in [-0.15, -0.1) is 0 Å². The fourth-order valence-electron chi connectivity index (χ4n) is 3.00. The third-order valence-electron chi connectivity index (χ3n) is 4.50. The van der Waals surface area contributed by atoms with Crippen molar-refractivity contribution >= 4 is 16.6 Å². The van der Waals surface area contributed by atoms with Gasteiger partial charge in [-0.3, -0.25) is 4.98 Å². The van der Waals surface area contributed by atoms with Gasteiger partial charge in [0.05, 0.1) is 24.2 Å². The van der Waals surface area contributed by atoms with Gasteiger partial charge < -0.3 is 19.5 Å². The molecule has 29 heavy (non-hydrogen) atoms. The summed E-state index contributed by atoms with van der Waals surface area (Å²) in [6, 6.07) is 17.3. The zero-order chi connectivity index (χ0) is 20.2. The summed E-state index contributed by atoms with van der Waals surface area (Å²) in [6.07, 6.45) is 3.13. The molecule has 0 aliphatic heterocycles. The third-order valence-corrected chi connectivity index (χ3v) is 4.50. The second-order valence-electron chi connectivity index (χ2n) is 6.53. The highest BCUT2D eigenvalue weighted by Gasteiger charge is 2.09. The molecule has 0 saturated carbocycles. The smallest absolute Gasteiger partial charge is 0.325 e. The number of methoxy groups -OCH3 is 1. The summed E-state index contributed by atoms with van der Waals surface area (Å²) >= 11 is 0. The molecule has 0 saturated heterocycles. The SMILES string of the molecule is COc1cccc(CN(C)c2ccc(Oc3nc(O)c4ccncc4n3)cc2)c1. The van der Waals surface area contributed by atoms with Gasteiger partial charge in [0.25, 0.3) is 0 Å². The molecule has 2 aromatic carbocycles. The zero-order valence-electron chi connectivity index (χ0n) is 16.1. The number of pyridine rings is 1. The van der Waals surface area contributed by atoms with Crippen molar-refractivity contribution in [1.29, 1.82) is 0 Å². The second kappa shape index (κ2) is 8.02. The molecule has 0 unspecified atom stereocenters. The zero-order valence-corrected chi connectivity index (χ0v) is 16.1. The van der Waals surface area contributed by atoms with Gasteiger partial charge in [0.1, 0.15) is 11.5 Å². The number of rotatable bonds is 6. The Hall–Kier alpha value is -3.87. The first kappa shape index (κ1) is 18.5. The van der Waals surface area contributed by atoms with Gasteiger partial charge in [0.2, 0.25) is 5.88 Å². The van der Waals surface area contributed by atoms with E-state index in [9.17, 15) is 5.11 Å². The highest BCUT2D eigenvalue weighted by Crippen LogP contribution is 2.27. The van der Waals surface area contributed by atoms with E-state index < -0.39 is 0 Å². The normalized spacial score (nSPS) is 10.7. The minimum atomic E-state index is -0.137. The molecular formula is C22H20N4O3. The van der Waals surface area contributed by atoms with E-state index in [4.69, 9.17) is 9.47 Å². The quantitative estimate of drug-likeness (QED) is 0.531. The number of nitrogens with zero attached hydrogens (tertiary/aromatic N) is 4. The molecule has 0 amide bonds. The average molecular weight is 388 g/mol. The van der Waals surface area contributed by atoms with E-state index in [1.54, 1.807) is 25.6 Å². The lowest BCUT2D eigenvalue weighted by molar-refractivity contribution is 0.412. The van der Waals surface area contributed by atoms with Crippen molar-refractivity contribution in [3.8, 4) is 23.4 Å². The summed E-state index contributed by atoms with van der Waals surface area (Å²) in [5, 5.41) is 10.6. The fraction of sp³-hybridized carbons (Fsp3) is 0.136. The lowest BCUT2D eigenvalue weighted by Crippen LogP contribution is -2.16. The van der Waals surface area contributed by atoms with Gasteiger partial charge in [-0.05, 0) is 48.0 Å². The van der Waals surface area contributed by atoms with Gasteiger partial charge in [0, 0.05) is 25.5 Å². The molecule has 0 fully saturated rings. The molecule has 0 atom stereocenters. The van der Waals surface area contributed by atoms with Crippen LogP contribution in [0.3, 0.4) is 0 Å². The van der Waals surface area contributed by atoms with Gasteiger partial charge in [-0.1, -0.05) is 12.1 Å². The number of aromatic hydroxyl groups is 1. The molecular weight excluding hydrogens is 368 g/mol. The molecule has 0 spiro atoms. The molecule has 4 rings (SSSR count). The minimum Gasteiger partial charge on any atom is -0.497 e. The summed E-state index contributed by atoms with van der Waals surface area (Å²) in [5.74, 6) is 1.28. The van der Waals surface area contributed by atoms with Crippen molar-refractivity contribution in [2.75, 3.05) is 19.1 Å². The van der Waals surface area contributed by atoms with E-state index in [-0.39, 0.29) is 11.9 Å². The molecule has 2 heterocycles. The molecule has 2 aromatic heterocycles. The van der Waals surface area contributed by atoms with Crippen LogP contribution in [0.1, 0.15) is 5.56 Å². The van der Waals surface area contributed by atoms with Crippen LogP contribution >= 0.6 is 0 Å². The lowest BCUT2D eigenvalue weighted by atomic mass is 10.2. The van der Waals surface area contributed by atoms with Crippen molar-refractivity contribution in [1.82, 2.24) is 15.0 Å². The highest BCUT2D eigenvalue weighted by molar-refractivity contribution is 5.82. The molecule has 7 nitrogen and oxygen atoms in total. The van der Waals surface area contributed by atoms with Crippen LogP contribution in [-0.4, -0.2) is 34.2 Å². The first-order valence-corrected chi connectivity index (χ1v) is 9.05. The van der Waals surface area contributed by atoms with Crippen LogP contribution in [0.5, 0.6) is 23.4 Å². The van der Waals surface area contributed by atoms with Crippen molar-refractivity contribution < 1.29 is 14.6 Å².